The number of ether oxygens (including phenoxy) is 3. The molecule has 2 aromatic heterocycles. The van der Waals surface area contributed by atoms with E-state index >= 15 is 0 Å². The molecule has 0 radical (unpaired) electrons. The molecule has 2 aliphatic heterocycles. The minimum atomic E-state index is -0.708. The van der Waals surface area contributed by atoms with E-state index in [9.17, 15) is 9.59 Å². The van der Waals surface area contributed by atoms with E-state index in [0.717, 1.165) is 24.5 Å². The van der Waals surface area contributed by atoms with E-state index in [1.807, 2.05) is 24.3 Å². The molecule has 3 aromatic rings. The fourth-order valence-electron chi connectivity index (χ4n) is 4.46. The smallest absolute Gasteiger partial charge is 0.338 e. The number of esters is 1. The Kier molecular flexibility index (Phi) is 7.36. The first-order valence-electron chi connectivity index (χ1n) is 11.9. The van der Waals surface area contributed by atoms with Crippen molar-refractivity contribution in [3.63, 3.8) is 0 Å². The lowest BCUT2D eigenvalue weighted by atomic mass is 9.96. The monoisotopic (exact) mass is 587 g/mol. The molecule has 0 saturated carbocycles. The average molecular weight is 588 g/mol. The molecule has 194 valence electrons. The van der Waals surface area contributed by atoms with Crippen LogP contribution in [0.1, 0.15) is 31.2 Å². The number of benzene rings is 1. The van der Waals surface area contributed by atoms with Gasteiger partial charge in [0.05, 0.1) is 53.2 Å². The number of thiazole rings is 1. The molecule has 2 aliphatic rings. The van der Waals surface area contributed by atoms with Gasteiger partial charge in [-0.2, -0.15) is 0 Å². The highest BCUT2D eigenvalue weighted by molar-refractivity contribution is 9.10. The number of anilines is 1. The van der Waals surface area contributed by atoms with Crippen molar-refractivity contribution in [3.05, 3.63) is 77.1 Å². The van der Waals surface area contributed by atoms with E-state index in [1.165, 1.54) is 11.3 Å². The largest absolute Gasteiger partial charge is 0.496 e. The van der Waals surface area contributed by atoms with E-state index in [2.05, 4.69) is 25.8 Å². The number of fused-ring (bicyclic) bond motifs is 1. The number of aromatic nitrogens is 1. The molecular formula is C26H26BrN3O6S. The first-order valence-corrected chi connectivity index (χ1v) is 13.5. The van der Waals surface area contributed by atoms with E-state index in [0.29, 0.717) is 49.8 Å². The quantitative estimate of drug-likeness (QED) is 0.409. The summed E-state index contributed by atoms with van der Waals surface area (Å²) in [4.78, 5) is 34.0. The van der Waals surface area contributed by atoms with Crippen LogP contribution in [0, 0.1) is 0 Å². The van der Waals surface area contributed by atoms with Crippen molar-refractivity contribution in [2.24, 2.45) is 4.99 Å². The summed E-state index contributed by atoms with van der Waals surface area (Å²) in [5, 5.41) is 0. The van der Waals surface area contributed by atoms with Crippen molar-refractivity contribution in [3.8, 4) is 5.75 Å². The lowest BCUT2D eigenvalue weighted by Crippen LogP contribution is -2.39. The minimum absolute atomic E-state index is 0.211. The van der Waals surface area contributed by atoms with Crippen molar-refractivity contribution in [2.75, 3.05) is 44.9 Å². The zero-order chi connectivity index (χ0) is 26.1. The van der Waals surface area contributed by atoms with Gasteiger partial charge in [0, 0.05) is 25.2 Å². The third-order valence-corrected chi connectivity index (χ3v) is 7.82. The minimum Gasteiger partial charge on any atom is -0.496 e. The first kappa shape index (κ1) is 25.5. The predicted octanol–water partition coefficient (Wildman–Crippen LogP) is 3.00. The van der Waals surface area contributed by atoms with Gasteiger partial charge in [-0.05, 0) is 53.5 Å². The summed E-state index contributed by atoms with van der Waals surface area (Å²) in [6, 6.07) is 8.51. The Labute approximate surface area is 225 Å². The molecule has 0 N–H and O–H groups in total. The van der Waals surface area contributed by atoms with E-state index in [-0.39, 0.29) is 12.2 Å². The molecule has 1 aromatic carbocycles. The molecule has 37 heavy (non-hydrogen) atoms. The van der Waals surface area contributed by atoms with Crippen LogP contribution in [0.25, 0.3) is 6.08 Å². The number of hydrogen-bond acceptors (Lipinski definition) is 9. The second kappa shape index (κ2) is 10.7. The van der Waals surface area contributed by atoms with Crippen LogP contribution in [0.2, 0.25) is 0 Å². The van der Waals surface area contributed by atoms with Crippen LogP contribution in [0.4, 0.5) is 5.88 Å². The number of allylic oxidation sites excluding steroid dienone is 1. The number of morpholine rings is 1. The van der Waals surface area contributed by atoms with Gasteiger partial charge in [-0.3, -0.25) is 9.36 Å². The van der Waals surface area contributed by atoms with Crippen LogP contribution in [0.3, 0.4) is 0 Å². The molecular weight excluding hydrogens is 562 g/mol. The van der Waals surface area contributed by atoms with Gasteiger partial charge < -0.3 is 23.5 Å². The van der Waals surface area contributed by atoms with Crippen LogP contribution >= 0.6 is 27.3 Å². The number of nitrogens with zero attached hydrogens (tertiary/aromatic N) is 3. The van der Waals surface area contributed by atoms with Gasteiger partial charge in [-0.1, -0.05) is 17.4 Å². The van der Waals surface area contributed by atoms with Crippen LogP contribution in [-0.4, -0.2) is 50.6 Å². The highest BCUT2D eigenvalue weighted by Gasteiger charge is 2.33. The van der Waals surface area contributed by atoms with Crippen molar-refractivity contribution in [1.29, 1.82) is 0 Å². The molecule has 1 atom stereocenters. The van der Waals surface area contributed by atoms with Gasteiger partial charge in [0.2, 0.25) is 0 Å². The Bertz CT molecular complexity index is 1550. The maximum Gasteiger partial charge on any atom is 0.338 e. The maximum atomic E-state index is 13.8. The molecule has 0 aliphatic carbocycles. The summed E-state index contributed by atoms with van der Waals surface area (Å²) in [7, 11) is 1.58. The van der Waals surface area contributed by atoms with Crippen molar-refractivity contribution >= 4 is 45.2 Å². The van der Waals surface area contributed by atoms with Gasteiger partial charge in [-0.15, -0.1) is 0 Å². The maximum absolute atomic E-state index is 13.8. The molecule has 0 amide bonds. The van der Waals surface area contributed by atoms with Crippen LogP contribution in [-0.2, 0) is 14.3 Å². The second-order valence-electron chi connectivity index (χ2n) is 8.47. The van der Waals surface area contributed by atoms with Crippen molar-refractivity contribution < 1.29 is 23.4 Å². The highest BCUT2D eigenvalue weighted by Crippen LogP contribution is 2.35. The molecule has 1 saturated heterocycles. The number of carbonyl (C=O) groups is 1. The Morgan fingerprint density at radius 1 is 1.27 bits per heavy atom. The summed E-state index contributed by atoms with van der Waals surface area (Å²) in [5.41, 5.74) is 1.30. The van der Waals surface area contributed by atoms with Gasteiger partial charge in [0.1, 0.15) is 11.5 Å². The van der Waals surface area contributed by atoms with Crippen LogP contribution < -0.4 is 24.5 Å². The number of hydrogen-bond donors (Lipinski definition) is 0. The number of methoxy groups -OCH3 is 1. The standard InChI is InChI=1S/C26H26BrN3O6S/c1-4-35-25(32)22-15(2)28-26-30(23(22)16-5-7-19(33-3)18(27)13-16)24(31)20(37-26)14-17-6-8-21(36-17)29-9-11-34-12-10-29/h5-8,13-14,23H,4,9-12H2,1-3H3/b20-14+/t23-/m0/s1. The molecule has 0 unspecified atom stereocenters. The molecule has 1 fully saturated rings. The SMILES string of the molecule is CCOC(=O)C1=C(C)N=c2s/c(=C/c3ccc(N4CCOCC4)o3)c(=O)n2[C@H]1c1ccc(OC)c(Br)c1. The Hall–Kier alpha value is -3.15. The zero-order valence-electron chi connectivity index (χ0n) is 20.7. The summed E-state index contributed by atoms with van der Waals surface area (Å²) < 4.78 is 24.9. The second-order valence-corrected chi connectivity index (χ2v) is 10.3. The average Bonchev–Trinajstić information content (AvgIpc) is 3.48. The topological polar surface area (TPSA) is 95.5 Å². The summed E-state index contributed by atoms with van der Waals surface area (Å²) >= 11 is 4.78. The van der Waals surface area contributed by atoms with E-state index in [4.69, 9.17) is 18.6 Å². The number of furan rings is 1. The Morgan fingerprint density at radius 3 is 2.76 bits per heavy atom. The highest BCUT2D eigenvalue weighted by atomic mass is 79.9. The lowest BCUT2D eigenvalue weighted by Gasteiger charge is -2.26. The number of halogens is 1. The van der Waals surface area contributed by atoms with Crippen molar-refractivity contribution in [1.82, 2.24) is 4.57 Å². The van der Waals surface area contributed by atoms with E-state index < -0.39 is 12.0 Å². The molecule has 11 heteroatoms. The normalized spacial score (nSPS) is 18.0. The molecule has 4 heterocycles. The molecule has 0 spiro atoms. The zero-order valence-corrected chi connectivity index (χ0v) is 23.1. The summed E-state index contributed by atoms with van der Waals surface area (Å²) in [6.07, 6.45) is 1.72. The van der Waals surface area contributed by atoms with Crippen LogP contribution in [0.15, 0.2) is 60.3 Å². The third kappa shape index (κ3) is 4.90. The Morgan fingerprint density at radius 2 is 2.05 bits per heavy atom. The van der Waals surface area contributed by atoms with Gasteiger partial charge in [0.15, 0.2) is 10.7 Å². The van der Waals surface area contributed by atoms with Gasteiger partial charge in [-0.25, -0.2) is 9.79 Å². The predicted molar refractivity (Wildman–Crippen MR) is 143 cm³/mol. The molecule has 5 rings (SSSR count). The van der Waals surface area contributed by atoms with E-state index in [1.54, 1.807) is 37.7 Å². The molecule has 9 nitrogen and oxygen atoms in total. The lowest BCUT2D eigenvalue weighted by molar-refractivity contribution is -0.139. The first-order chi connectivity index (χ1) is 17.9. The Balaban J connectivity index is 1.62. The number of rotatable bonds is 6. The summed E-state index contributed by atoms with van der Waals surface area (Å²) in [5.74, 6) is 1.44. The van der Waals surface area contributed by atoms with Crippen LogP contribution in [0.5, 0.6) is 5.75 Å². The van der Waals surface area contributed by atoms with Gasteiger partial charge in [0.25, 0.3) is 5.56 Å². The van der Waals surface area contributed by atoms with Gasteiger partial charge >= 0.3 is 5.97 Å². The fourth-order valence-corrected chi connectivity index (χ4v) is 6.05. The summed E-state index contributed by atoms with van der Waals surface area (Å²) in [6.45, 7) is 6.52. The molecule has 0 bridgehead atoms. The number of carbonyl (C=O) groups excluding carboxylic acids is 1. The fraction of sp³-hybridized carbons (Fsp3) is 0.346. The van der Waals surface area contributed by atoms with Crippen molar-refractivity contribution in [2.45, 2.75) is 19.9 Å². The third-order valence-electron chi connectivity index (χ3n) is 6.22.